The minimum absolute atomic E-state index is 0.174. The summed E-state index contributed by atoms with van der Waals surface area (Å²) in [6, 6.07) is 21.5. The molecule has 7 nitrogen and oxygen atoms in total. The standard InChI is InChI=1S/C29H31N3O4S/c1-19-6-5-7-20(14-19)12-13-32(29(37)30-23-8-10-24(34-2)11-9-23)18-22-15-21-16-26(35-3)27(36-4)17-25(21)31-28(22)33/h5-11,14-17H,12-13,18H2,1-4H3,(H,30,37)(H,31,33). The molecule has 0 saturated carbocycles. The highest BCUT2D eigenvalue weighted by Gasteiger charge is 2.15. The van der Waals surface area contributed by atoms with Gasteiger partial charge in [0, 0.05) is 29.2 Å². The van der Waals surface area contributed by atoms with E-state index in [1.807, 2.05) is 41.3 Å². The van der Waals surface area contributed by atoms with E-state index >= 15 is 0 Å². The topological polar surface area (TPSA) is 75.8 Å². The lowest BCUT2D eigenvalue weighted by Gasteiger charge is -2.26. The predicted molar refractivity (Wildman–Crippen MR) is 152 cm³/mol. The van der Waals surface area contributed by atoms with Gasteiger partial charge < -0.3 is 29.4 Å². The molecule has 4 aromatic rings. The van der Waals surface area contributed by atoms with E-state index in [1.165, 1.54) is 11.1 Å². The first kappa shape index (κ1) is 26.0. The van der Waals surface area contributed by atoms with E-state index in [9.17, 15) is 4.79 Å². The number of thiocarbonyl (C=S) groups is 1. The van der Waals surface area contributed by atoms with Gasteiger partial charge in [-0.3, -0.25) is 4.79 Å². The van der Waals surface area contributed by atoms with Gasteiger partial charge in [-0.25, -0.2) is 0 Å². The molecule has 0 fully saturated rings. The monoisotopic (exact) mass is 517 g/mol. The predicted octanol–water partition coefficient (Wildman–Crippen LogP) is 5.30. The number of nitrogens with one attached hydrogen (secondary N) is 2. The second-order valence-electron chi connectivity index (χ2n) is 8.74. The lowest BCUT2D eigenvalue weighted by molar-refractivity contribution is 0.355. The van der Waals surface area contributed by atoms with Gasteiger partial charge in [-0.05, 0) is 67.5 Å². The van der Waals surface area contributed by atoms with Gasteiger partial charge in [0.15, 0.2) is 16.6 Å². The van der Waals surface area contributed by atoms with Gasteiger partial charge in [0.05, 0.1) is 33.4 Å². The van der Waals surface area contributed by atoms with Gasteiger partial charge in [-0.1, -0.05) is 29.8 Å². The summed E-state index contributed by atoms with van der Waals surface area (Å²) in [5, 5.41) is 4.68. The van der Waals surface area contributed by atoms with Crippen LogP contribution in [0.5, 0.6) is 17.2 Å². The van der Waals surface area contributed by atoms with Crippen molar-refractivity contribution in [3.8, 4) is 17.2 Å². The van der Waals surface area contributed by atoms with E-state index < -0.39 is 0 Å². The van der Waals surface area contributed by atoms with E-state index in [0.717, 1.165) is 23.2 Å². The third kappa shape index (κ3) is 6.40. The van der Waals surface area contributed by atoms with Crippen molar-refractivity contribution in [1.82, 2.24) is 9.88 Å². The Morgan fingerprint density at radius 1 is 0.946 bits per heavy atom. The number of aromatic nitrogens is 1. The van der Waals surface area contributed by atoms with Gasteiger partial charge >= 0.3 is 0 Å². The molecule has 0 radical (unpaired) electrons. The minimum Gasteiger partial charge on any atom is -0.497 e. The Morgan fingerprint density at radius 3 is 2.35 bits per heavy atom. The first-order valence-electron chi connectivity index (χ1n) is 11.9. The van der Waals surface area contributed by atoms with Crippen molar-refractivity contribution in [3.05, 3.63) is 93.8 Å². The van der Waals surface area contributed by atoms with Crippen molar-refractivity contribution in [2.75, 3.05) is 33.2 Å². The number of rotatable bonds is 9. The molecule has 0 aliphatic rings. The lowest BCUT2D eigenvalue weighted by atomic mass is 10.1. The SMILES string of the molecule is COc1ccc(NC(=S)N(CCc2cccc(C)c2)Cc2cc3cc(OC)c(OC)cc3[nH]c2=O)cc1. The fourth-order valence-electron chi connectivity index (χ4n) is 4.16. The quantitative estimate of drug-likeness (QED) is 0.292. The number of anilines is 1. The van der Waals surface area contributed by atoms with E-state index in [-0.39, 0.29) is 5.56 Å². The Labute approximate surface area is 222 Å². The van der Waals surface area contributed by atoms with Gasteiger partial charge in [0.1, 0.15) is 5.75 Å². The number of hydrogen-bond acceptors (Lipinski definition) is 5. The fourth-order valence-corrected chi connectivity index (χ4v) is 4.44. The van der Waals surface area contributed by atoms with Crippen molar-refractivity contribution in [3.63, 3.8) is 0 Å². The third-order valence-electron chi connectivity index (χ3n) is 6.17. The number of H-pyrrole nitrogens is 1. The summed E-state index contributed by atoms with van der Waals surface area (Å²) < 4.78 is 16.1. The molecule has 0 unspecified atom stereocenters. The summed E-state index contributed by atoms with van der Waals surface area (Å²) in [4.78, 5) is 18.1. The molecule has 1 heterocycles. The second-order valence-corrected chi connectivity index (χ2v) is 9.12. The fraction of sp³-hybridized carbons (Fsp3) is 0.241. The lowest BCUT2D eigenvalue weighted by Crippen LogP contribution is -2.37. The Kier molecular flexibility index (Phi) is 8.30. The zero-order chi connectivity index (χ0) is 26.4. The van der Waals surface area contributed by atoms with Gasteiger partial charge in [-0.15, -0.1) is 0 Å². The van der Waals surface area contributed by atoms with Crippen LogP contribution >= 0.6 is 12.2 Å². The number of fused-ring (bicyclic) bond motifs is 1. The molecule has 4 rings (SSSR count). The Bertz CT molecular complexity index is 1450. The average Bonchev–Trinajstić information content (AvgIpc) is 2.90. The molecule has 0 amide bonds. The number of aryl methyl sites for hydroxylation is 1. The average molecular weight is 518 g/mol. The largest absolute Gasteiger partial charge is 0.497 e. The zero-order valence-electron chi connectivity index (χ0n) is 21.5. The van der Waals surface area contributed by atoms with Crippen molar-refractivity contribution in [1.29, 1.82) is 0 Å². The van der Waals surface area contributed by atoms with Crippen molar-refractivity contribution >= 4 is 33.9 Å². The number of benzene rings is 3. The van der Waals surface area contributed by atoms with Crippen LogP contribution in [0.1, 0.15) is 16.7 Å². The van der Waals surface area contributed by atoms with Crippen molar-refractivity contribution in [2.24, 2.45) is 0 Å². The minimum atomic E-state index is -0.174. The van der Waals surface area contributed by atoms with Crippen LogP contribution in [0.3, 0.4) is 0 Å². The van der Waals surface area contributed by atoms with Crippen molar-refractivity contribution in [2.45, 2.75) is 19.9 Å². The highest BCUT2D eigenvalue weighted by molar-refractivity contribution is 7.80. The van der Waals surface area contributed by atoms with E-state index in [4.69, 9.17) is 26.4 Å². The maximum atomic E-state index is 13.1. The molecule has 0 aliphatic heterocycles. The summed E-state index contributed by atoms with van der Waals surface area (Å²) >= 11 is 5.81. The summed E-state index contributed by atoms with van der Waals surface area (Å²) in [5.41, 5.74) is 4.36. The van der Waals surface area contributed by atoms with Crippen LogP contribution in [-0.4, -0.2) is 42.9 Å². The molecule has 0 aliphatic carbocycles. The molecular weight excluding hydrogens is 486 g/mol. The highest BCUT2D eigenvalue weighted by Crippen LogP contribution is 2.31. The smallest absolute Gasteiger partial charge is 0.253 e. The Hall–Kier alpha value is -4.04. The first-order valence-corrected chi connectivity index (χ1v) is 12.3. The molecular formula is C29H31N3O4S. The second kappa shape index (κ2) is 11.8. The van der Waals surface area contributed by atoms with Gasteiger partial charge in [0.2, 0.25) is 0 Å². The van der Waals surface area contributed by atoms with Crippen LogP contribution < -0.4 is 25.1 Å². The molecule has 0 spiro atoms. The number of aromatic amines is 1. The maximum absolute atomic E-state index is 13.1. The summed E-state index contributed by atoms with van der Waals surface area (Å²) in [5.74, 6) is 1.92. The molecule has 0 bridgehead atoms. The number of hydrogen-bond donors (Lipinski definition) is 2. The highest BCUT2D eigenvalue weighted by atomic mass is 32.1. The summed E-state index contributed by atoms with van der Waals surface area (Å²) in [6.45, 7) is 3.05. The number of methoxy groups -OCH3 is 3. The Morgan fingerprint density at radius 2 is 1.68 bits per heavy atom. The maximum Gasteiger partial charge on any atom is 0.253 e. The Balaban J connectivity index is 1.62. The molecule has 192 valence electrons. The number of ether oxygens (including phenoxy) is 3. The van der Waals surface area contributed by atoms with Crippen LogP contribution in [0.2, 0.25) is 0 Å². The normalized spacial score (nSPS) is 10.7. The van der Waals surface area contributed by atoms with E-state index in [2.05, 4.69) is 41.5 Å². The van der Waals surface area contributed by atoms with Gasteiger partial charge in [0.25, 0.3) is 5.56 Å². The summed E-state index contributed by atoms with van der Waals surface area (Å²) in [7, 11) is 4.79. The van der Waals surface area contributed by atoms with Crippen LogP contribution in [0.4, 0.5) is 5.69 Å². The zero-order valence-corrected chi connectivity index (χ0v) is 22.3. The molecule has 0 atom stereocenters. The van der Waals surface area contributed by atoms with Crippen LogP contribution in [0.25, 0.3) is 10.9 Å². The number of nitrogens with zero attached hydrogens (tertiary/aromatic N) is 1. The van der Waals surface area contributed by atoms with Crippen molar-refractivity contribution < 1.29 is 14.2 Å². The third-order valence-corrected chi connectivity index (χ3v) is 6.53. The van der Waals surface area contributed by atoms with E-state index in [1.54, 1.807) is 27.4 Å². The van der Waals surface area contributed by atoms with Crippen LogP contribution in [-0.2, 0) is 13.0 Å². The first-order chi connectivity index (χ1) is 17.9. The van der Waals surface area contributed by atoms with Crippen LogP contribution in [0, 0.1) is 6.92 Å². The van der Waals surface area contributed by atoms with Crippen LogP contribution in [0.15, 0.2) is 71.5 Å². The van der Waals surface area contributed by atoms with E-state index in [0.29, 0.717) is 40.8 Å². The molecule has 1 aromatic heterocycles. The molecule has 3 aromatic carbocycles. The summed E-state index contributed by atoms with van der Waals surface area (Å²) in [6.07, 6.45) is 0.780. The molecule has 8 heteroatoms. The van der Waals surface area contributed by atoms with Gasteiger partial charge in [-0.2, -0.15) is 0 Å². The number of pyridine rings is 1. The molecule has 0 saturated heterocycles. The molecule has 2 N–H and O–H groups in total. The molecule has 37 heavy (non-hydrogen) atoms.